The van der Waals surface area contributed by atoms with E-state index < -0.39 is 21.6 Å². The van der Waals surface area contributed by atoms with Crippen LogP contribution in [0.15, 0.2) is 18.2 Å². The van der Waals surface area contributed by atoms with Gasteiger partial charge in [-0.15, -0.1) is 4.72 Å². The van der Waals surface area contributed by atoms with Crippen LogP contribution in [0.4, 0.5) is 4.39 Å². The van der Waals surface area contributed by atoms with Crippen molar-refractivity contribution in [3.05, 3.63) is 35.1 Å². The summed E-state index contributed by atoms with van der Waals surface area (Å²) in [7, 11) is 0. The normalized spacial score (nSPS) is 16.6. The maximum atomic E-state index is 14.3. The van der Waals surface area contributed by atoms with Gasteiger partial charge < -0.3 is 9.35 Å². The number of benzene rings is 1. The van der Waals surface area contributed by atoms with E-state index in [9.17, 15) is 13.7 Å². The quantitative estimate of drug-likeness (QED) is 0.672. The summed E-state index contributed by atoms with van der Waals surface area (Å²) in [5, 5.41) is 0. The van der Waals surface area contributed by atoms with E-state index in [1.807, 2.05) is 20.8 Å². The van der Waals surface area contributed by atoms with Crippen LogP contribution < -0.4 is 4.72 Å². The molecule has 2 atom stereocenters. The van der Waals surface area contributed by atoms with E-state index in [2.05, 4.69) is 4.72 Å². The predicted molar refractivity (Wildman–Crippen MR) is 80.2 cm³/mol. The molecule has 0 aliphatic heterocycles. The number of hydrogen-bond donors (Lipinski definition) is 1. The van der Waals surface area contributed by atoms with Gasteiger partial charge in [-0.3, -0.25) is 0 Å². The van der Waals surface area contributed by atoms with E-state index >= 15 is 0 Å². The van der Waals surface area contributed by atoms with Gasteiger partial charge in [-0.1, -0.05) is 18.2 Å². The Balaban J connectivity index is 3.21. The number of hydrogen-bond acceptors (Lipinski definition) is 3. The van der Waals surface area contributed by atoms with Crippen LogP contribution in [0.5, 0.6) is 0 Å². The van der Waals surface area contributed by atoms with Crippen molar-refractivity contribution in [1.82, 2.24) is 4.72 Å². The maximum absolute atomic E-state index is 14.3. The zero-order valence-corrected chi connectivity index (χ0v) is 13.4. The smallest absolute Gasteiger partial charge is 0.136 e. The van der Waals surface area contributed by atoms with Crippen molar-refractivity contribution in [2.24, 2.45) is 0 Å². The van der Waals surface area contributed by atoms with Crippen molar-refractivity contribution in [2.45, 2.75) is 51.3 Å². The van der Waals surface area contributed by atoms with Gasteiger partial charge in [0.25, 0.3) is 0 Å². The molecule has 1 aromatic rings. The SMILES string of the molecule is Cc1cccc([C@](C)(CC=O)N[S+]([O-])C(C)(C)C)c1F. The van der Waals surface area contributed by atoms with E-state index in [1.165, 1.54) is 0 Å². The van der Waals surface area contributed by atoms with Crippen LogP contribution in [0.3, 0.4) is 0 Å². The van der Waals surface area contributed by atoms with Crippen LogP contribution in [0, 0.1) is 12.7 Å². The van der Waals surface area contributed by atoms with E-state index in [1.54, 1.807) is 32.0 Å². The van der Waals surface area contributed by atoms with Gasteiger partial charge >= 0.3 is 0 Å². The predicted octanol–water partition coefficient (Wildman–Crippen LogP) is 2.99. The highest BCUT2D eigenvalue weighted by Crippen LogP contribution is 2.30. The Morgan fingerprint density at radius 3 is 2.45 bits per heavy atom. The molecule has 112 valence electrons. The van der Waals surface area contributed by atoms with Gasteiger partial charge in [-0.25, -0.2) is 4.39 Å². The summed E-state index contributed by atoms with van der Waals surface area (Å²) >= 11 is -1.40. The first-order valence-electron chi connectivity index (χ1n) is 6.51. The molecule has 1 unspecified atom stereocenters. The first-order chi connectivity index (χ1) is 9.12. The summed E-state index contributed by atoms with van der Waals surface area (Å²) in [4.78, 5) is 11.0. The third-order valence-corrected chi connectivity index (χ3v) is 4.90. The summed E-state index contributed by atoms with van der Waals surface area (Å²) in [6, 6.07) is 5.03. The van der Waals surface area contributed by atoms with Gasteiger partial charge in [-0.05, 0) is 40.2 Å². The van der Waals surface area contributed by atoms with Gasteiger partial charge in [0.1, 0.15) is 16.9 Å². The summed E-state index contributed by atoms with van der Waals surface area (Å²) in [5.74, 6) is -0.366. The lowest BCUT2D eigenvalue weighted by molar-refractivity contribution is -0.108. The van der Waals surface area contributed by atoms with Gasteiger partial charge in [0.2, 0.25) is 0 Å². The maximum Gasteiger partial charge on any atom is 0.136 e. The number of nitrogens with one attached hydrogen (secondary N) is 1. The number of rotatable bonds is 5. The fraction of sp³-hybridized carbons (Fsp3) is 0.533. The Morgan fingerprint density at radius 1 is 1.35 bits per heavy atom. The zero-order valence-electron chi connectivity index (χ0n) is 12.6. The molecule has 0 aliphatic rings. The van der Waals surface area contributed by atoms with E-state index in [0.29, 0.717) is 17.4 Å². The highest BCUT2D eigenvalue weighted by atomic mass is 32.2. The molecule has 0 fully saturated rings. The molecular formula is C15H22FNO2S. The first kappa shape index (κ1) is 17.1. The average Bonchev–Trinajstić information content (AvgIpc) is 2.31. The fourth-order valence-electron chi connectivity index (χ4n) is 1.80. The molecule has 1 rings (SSSR count). The van der Waals surface area contributed by atoms with Gasteiger partial charge in [-0.2, -0.15) is 0 Å². The average molecular weight is 299 g/mol. The van der Waals surface area contributed by atoms with Crippen LogP contribution >= 0.6 is 0 Å². The molecule has 0 aliphatic carbocycles. The Bertz CT molecular complexity index is 487. The molecule has 3 nitrogen and oxygen atoms in total. The molecule has 0 spiro atoms. The molecule has 20 heavy (non-hydrogen) atoms. The highest BCUT2D eigenvalue weighted by molar-refractivity contribution is 7.90. The second-order valence-corrected chi connectivity index (χ2v) is 8.09. The molecular weight excluding hydrogens is 277 g/mol. The van der Waals surface area contributed by atoms with E-state index in [-0.39, 0.29) is 12.2 Å². The van der Waals surface area contributed by atoms with Gasteiger partial charge in [0, 0.05) is 23.3 Å². The largest absolute Gasteiger partial charge is 0.598 e. The molecule has 0 radical (unpaired) electrons. The second kappa shape index (κ2) is 6.24. The van der Waals surface area contributed by atoms with E-state index in [0.717, 1.165) is 0 Å². The number of aldehydes is 1. The minimum atomic E-state index is -1.40. The second-order valence-electron chi connectivity index (χ2n) is 6.12. The van der Waals surface area contributed by atoms with Crippen molar-refractivity contribution < 1.29 is 13.7 Å². The van der Waals surface area contributed by atoms with E-state index in [4.69, 9.17) is 0 Å². The molecule has 0 saturated carbocycles. The zero-order chi connectivity index (χ0) is 15.6. The standard InChI is InChI=1S/C15H22FNO2S/c1-11-7-6-8-12(13(11)16)15(5,9-10-18)17-20(19)14(2,3)4/h6-8,10,17H,9H2,1-5H3/t15-,20?/m0/s1. The Kier molecular flexibility index (Phi) is 5.35. The summed E-state index contributed by atoms with van der Waals surface area (Å²) < 4.78 is 29.0. The lowest BCUT2D eigenvalue weighted by Crippen LogP contribution is -2.50. The number of carbonyl (C=O) groups is 1. The Morgan fingerprint density at radius 2 is 1.95 bits per heavy atom. The van der Waals surface area contributed by atoms with Crippen LogP contribution in [0.25, 0.3) is 0 Å². The Hall–Kier alpha value is -0.910. The minimum Gasteiger partial charge on any atom is -0.598 e. The topological polar surface area (TPSA) is 52.2 Å². The van der Waals surface area contributed by atoms with Crippen molar-refractivity contribution in [2.75, 3.05) is 0 Å². The monoisotopic (exact) mass is 299 g/mol. The molecule has 0 amide bonds. The van der Waals surface area contributed by atoms with Crippen LogP contribution in [0.1, 0.15) is 45.2 Å². The van der Waals surface area contributed by atoms with Crippen molar-refractivity contribution in [1.29, 1.82) is 0 Å². The van der Waals surface area contributed by atoms with Gasteiger partial charge in [0.15, 0.2) is 0 Å². The molecule has 5 heteroatoms. The number of carbonyl (C=O) groups excluding carboxylic acids is 1. The lowest BCUT2D eigenvalue weighted by atomic mass is 9.89. The molecule has 1 N–H and O–H groups in total. The molecule has 0 bridgehead atoms. The third-order valence-electron chi connectivity index (χ3n) is 3.15. The highest BCUT2D eigenvalue weighted by Gasteiger charge is 2.38. The first-order valence-corrected chi connectivity index (χ1v) is 7.66. The number of aryl methyl sites for hydroxylation is 1. The van der Waals surface area contributed by atoms with Crippen LogP contribution in [-0.4, -0.2) is 15.6 Å². The van der Waals surface area contributed by atoms with Crippen molar-refractivity contribution in [3.63, 3.8) is 0 Å². The van der Waals surface area contributed by atoms with Crippen molar-refractivity contribution >= 4 is 17.6 Å². The lowest BCUT2D eigenvalue weighted by Gasteiger charge is -2.34. The molecule has 0 aromatic heterocycles. The van der Waals surface area contributed by atoms with Crippen LogP contribution in [0.2, 0.25) is 0 Å². The molecule has 0 heterocycles. The molecule has 0 saturated heterocycles. The number of halogens is 1. The summed E-state index contributed by atoms with van der Waals surface area (Å²) in [6.07, 6.45) is 0.768. The fourth-order valence-corrected chi connectivity index (χ4v) is 2.71. The van der Waals surface area contributed by atoms with Gasteiger partial charge in [0.05, 0.1) is 5.54 Å². The summed E-state index contributed by atoms with van der Waals surface area (Å²) in [6.45, 7) is 8.84. The molecule has 1 aromatic carbocycles. The van der Waals surface area contributed by atoms with Crippen molar-refractivity contribution in [3.8, 4) is 0 Å². The minimum absolute atomic E-state index is 0.0508. The van der Waals surface area contributed by atoms with Crippen LogP contribution in [-0.2, 0) is 21.7 Å². The Labute approximate surface area is 123 Å². The third kappa shape index (κ3) is 3.81. The summed E-state index contributed by atoms with van der Waals surface area (Å²) in [5.41, 5.74) is -0.124.